The fourth-order valence-electron chi connectivity index (χ4n) is 6.04. The standard InChI is InChI=1S/C19H28N2O3/c1-12(4-17(22)21-2-3-24-16(11-21)18(20)23)19-8-13-5-14(9-19)7-15(6-13)10-19/h4,13-16H,2-3,5-11H2,1H3,(H2,20,23)/b12-4+/t13?,14?,15?,16-,19?/m0/s1. The molecule has 0 aromatic carbocycles. The van der Waals surface area contributed by atoms with Crippen molar-refractivity contribution >= 4 is 11.8 Å². The van der Waals surface area contributed by atoms with Crippen LogP contribution in [0.4, 0.5) is 0 Å². The number of hydrogen-bond donors (Lipinski definition) is 1. The van der Waals surface area contributed by atoms with Crippen molar-refractivity contribution in [3.63, 3.8) is 0 Å². The molecule has 132 valence electrons. The van der Waals surface area contributed by atoms with Crippen molar-refractivity contribution < 1.29 is 14.3 Å². The van der Waals surface area contributed by atoms with Gasteiger partial charge in [0.25, 0.3) is 0 Å². The van der Waals surface area contributed by atoms with Crippen molar-refractivity contribution in [2.45, 2.75) is 51.6 Å². The molecule has 24 heavy (non-hydrogen) atoms. The molecular weight excluding hydrogens is 304 g/mol. The van der Waals surface area contributed by atoms with Crippen LogP contribution in [0.15, 0.2) is 11.6 Å². The molecule has 1 aliphatic heterocycles. The zero-order valence-electron chi connectivity index (χ0n) is 14.5. The molecule has 4 aliphatic carbocycles. The van der Waals surface area contributed by atoms with E-state index in [9.17, 15) is 9.59 Å². The molecule has 2 amide bonds. The van der Waals surface area contributed by atoms with E-state index < -0.39 is 12.0 Å². The highest BCUT2D eigenvalue weighted by atomic mass is 16.5. The number of rotatable bonds is 3. The molecule has 2 N–H and O–H groups in total. The van der Waals surface area contributed by atoms with Crippen LogP contribution in [0.1, 0.15) is 45.4 Å². The molecular formula is C19H28N2O3. The van der Waals surface area contributed by atoms with Crippen LogP contribution < -0.4 is 5.73 Å². The Morgan fingerprint density at radius 1 is 1.12 bits per heavy atom. The first-order valence-electron chi connectivity index (χ1n) is 9.34. The van der Waals surface area contributed by atoms with E-state index in [0.29, 0.717) is 13.2 Å². The molecule has 4 saturated carbocycles. The monoisotopic (exact) mass is 332 g/mol. The SMILES string of the molecule is C/C(=C\C(=O)N1CCO[C@H](C(N)=O)C1)C12CC3CC(CC(C3)C1)C2. The Bertz CT molecular complexity index is 548. The summed E-state index contributed by atoms with van der Waals surface area (Å²) in [6.45, 7) is 3.34. The van der Waals surface area contributed by atoms with Crippen LogP contribution in [0.5, 0.6) is 0 Å². The van der Waals surface area contributed by atoms with Crippen LogP contribution in [0, 0.1) is 23.2 Å². The van der Waals surface area contributed by atoms with Gasteiger partial charge in [-0.1, -0.05) is 5.57 Å². The van der Waals surface area contributed by atoms with E-state index in [4.69, 9.17) is 10.5 Å². The second-order valence-corrected chi connectivity index (χ2v) is 8.57. The number of carbonyl (C=O) groups is 2. The van der Waals surface area contributed by atoms with Crippen LogP contribution >= 0.6 is 0 Å². The second-order valence-electron chi connectivity index (χ2n) is 8.57. The molecule has 5 fully saturated rings. The molecule has 5 aliphatic rings. The van der Waals surface area contributed by atoms with Crippen LogP contribution in [-0.4, -0.2) is 42.5 Å². The normalized spacial score (nSPS) is 41.5. The number of nitrogens with two attached hydrogens (primary N) is 1. The van der Waals surface area contributed by atoms with Crippen molar-refractivity contribution in [3.8, 4) is 0 Å². The van der Waals surface area contributed by atoms with Gasteiger partial charge < -0.3 is 15.4 Å². The van der Waals surface area contributed by atoms with E-state index in [2.05, 4.69) is 6.92 Å². The molecule has 0 unspecified atom stereocenters. The fourth-order valence-corrected chi connectivity index (χ4v) is 6.04. The minimum atomic E-state index is -0.670. The van der Waals surface area contributed by atoms with Crippen molar-refractivity contribution in [1.82, 2.24) is 4.90 Å². The number of morpholine rings is 1. The highest BCUT2D eigenvalue weighted by Gasteiger charge is 2.51. The highest BCUT2D eigenvalue weighted by molar-refractivity contribution is 5.89. The fraction of sp³-hybridized carbons (Fsp3) is 0.789. The Balaban J connectivity index is 1.48. The van der Waals surface area contributed by atoms with Crippen LogP contribution in [0.2, 0.25) is 0 Å². The number of ether oxygens (including phenoxy) is 1. The van der Waals surface area contributed by atoms with Crippen molar-refractivity contribution in [2.24, 2.45) is 28.9 Å². The first kappa shape index (κ1) is 16.1. The van der Waals surface area contributed by atoms with Gasteiger partial charge in [0.1, 0.15) is 0 Å². The summed E-state index contributed by atoms with van der Waals surface area (Å²) in [4.78, 5) is 25.7. The summed E-state index contributed by atoms with van der Waals surface area (Å²) in [5, 5.41) is 0. The van der Waals surface area contributed by atoms with Gasteiger partial charge in [-0.25, -0.2) is 0 Å². The Kier molecular flexibility index (Phi) is 3.94. The number of hydrogen-bond acceptors (Lipinski definition) is 3. The van der Waals surface area contributed by atoms with Crippen LogP contribution in [-0.2, 0) is 14.3 Å². The maximum atomic E-state index is 12.7. The average Bonchev–Trinajstić information content (AvgIpc) is 2.53. The van der Waals surface area contributed by atoms with Crippen molar-refractivity contribution in [3.05, 3.63) is 11.6 Å². The number of nitrogens with zero attached hydrogens (tertiary/aromatic N) is 1. The van der Waals surface area contributed by atoms with E-state index in [-0.39, 0.29) is 17.9 Å². The Morgan fingerprint density at radius 2 is 1.71 bits per heavy atom. The maximum Gasteiger partial charge on any atom is 0.248 e. The summed E-state index contributed by atoms with van der Waals surface area (Å²) < 4.78 is 5.34. The van der Waals surface area contributed by atoms with Gasteiger partial charge in [-0.05, 0) is 68.6 Å². The summed E-state index contributed by atoms with van der Waals surface area (Å²) in [5.41, 5.74) is 6.84. The van der Waals surface area contributed by atoms with Gasteiger partial charge in [0.15, 0.2) is 6.10 Å². The summed E-state index contributed by atoms with van der Waals surface area (Å²) in [6, 6.07) is 0. The summed E-state index contributed by atoms with van der Waals surface area (Å²) in [6.07, 6.45) is 9.19. The lowest BCUT2D eigenvalue weighted by Crippen LogP contribution is -2.50. The molecule has 1 atom stereocenters. The van der Waals surface area contributed by atoms with E-state index in [1.165, 1.54) is 44.1 Å². The van der Waals surface area contributed by atoms with E-state index in [1.807, 2.05) is 6.08 Å². The lowest BCUT2D eigenvalue weighted by atomic mass is 9.48. The summed E-state index contributed by atoms with van der Waals surface area (Å²) >= 11 is 0. The predicted molar refractivity (Wildman–Crippen MR) is 89.9 cm³/mol. The number of allylic oxidation sites excluding steroid dienone is 1. The van der Waals surface area contributed by atoms with Crippen LogP contribution in [0.3, 0.4) is 0 Å². The first-order valence-corrected chi connectivity index (χ1v) is 9.34. The molecule has 0 aromatic rings. The van der Waals surface area contributed by atoms with Gasteiger partial charge in [0.05, 0.1) is 13.2 Å². The molecule has 1 heterocycles. The highest BCUT2D eigenvalue weighted by Crippen LogP contribution is 2.62. The van der Waals surface area contributed by atoms with Gasteiger partial charge in [0.2, 0.25) is 11.8 Å². The van der Waals surface area contributed by atoms with Crippen LogP contribution in [0.25, 0.3) is 0 Å². The van der Waals surface area contributed by atoms with E-state index in [1.54, 1.807) is 4.90 Å². The van der Waals surface area contributed by atoms with E-state index >= 15 is 0 Å². The zero-order chi connectivity index (χ0) is 16.9. The van der Waals surface area contributed by atoms with Gasteiger partial charge in [-0.2, -0.15) is 0 Å². The molecule has 0 radical (unpaired) electrons. The lowest BCUT2D eigenvalue weighted by molar-refractivity contribution is -0.142. The van der Waals surface area contributed by atoms with Gasteiger partial charge >= 0.3 is 0 Å². The number of carbonyl (C=O) groups excluding carboxylic acids is 2. The minimum Gasteiger partial charge on any atom is -0.367 e. The topological polar surface area (TPSA) is 72.6 Å². The zero-order valence-corrected chi connectivity index (χ0v) is 14.5. The Hall–Kier alpha value is -1.36. The minimum absolute atomic E-state index is 0.0118. The quantitative estimate of drug-likeness (QED) is 0.802. The third-order valence-corrected chi connectivity index (χ3v) is 6.91. The number of amides is 2. The van der Waals surface area contributed by atoms with E-state index in [0.717, 1.165) is 17.8 Å². The summed E-state index contributed by atoms with van der Waals surface area (Å²) in [5.74, 6) is 2.14. The van der Waals surface area contributed by atoms with Crippen molar-refractivity contribution in [1.29, 1.82) is 0 Å². The maximum absolute atomic E-state index is 12.7. The third kappa shape index (κ3) is 2.77. The molecule has 5 nitrogen and oxygen atoms in total. The molecule has 5 heteroatoms. The third-order valence-electron chi connectivity index (χ3n) is 6.91. The largest absolute Gasteiger partial charge is 0.367 e. The van der Waals surface area contributed by atoms with Gasteiger partial charge in [-0.15, -0.1) is 0 Å². The van der Waals surface area contributed by atoms with Crippen molar-refractivity contribution in [2.75, 3.05) is 19.7 Å². The smallest absolute Gasteiger partial charge is 0.248 e. The molecule has 1 saturated heterocycles. The van der Waals surface area contributed by atoms with Gasteiger partial charge in [-0.3, -0.25) is 9.59 Å². The first-order chi connectivity index (χ1) is 11.4. The molecule has 5 rings (SSSR count). The average molecular weight is 332 g/mol. The second kappa shape index (κ2) is 5.87. The number of primary amides is 1. The molecule has 4 bridgehead atoms. The lowest BCUT2D eigenvalue weighted by Gasteiger charge is -2.57. The predicted octanol–water partition coefficient (Wildman–Crippen LogP) is 1.86. The summed E-state index contributed by atoms with van der Waals surface area (Å²) in [7, 11) is 0. The molecule has 0 spiro atoms. The Labute approximate surface area is 143 Å². The van der Waals surface area contributed by atoms with Gasteiger partial charge in [0, 0.05) is 12.6 Å². The molecule has 0 aromatic heterocycles. The Morgan fingerprint density at radius 3 is 2.25 bits per heavy atom.